The SMILES string of the molecule is [2H]c1ccnc(-c2[c-]ccc3c2oc2c(C4([2H])CCCCC4)cccc23)c1[2H].[2H]c1nc(-c2[c-]ccc(C3CCCCC3)c2)c([2H])c([2H])c1[2H].[Ir]. The third-order valence-corrected chi connectivity index (χ3v) is 8.71. The van der Waals surface area contributed by atoms with Gasteiger partial charge in [-0.1, -0.05) is 91.8 Å². The molecule has 3 nitrogen and oxygen atoms in total. The van der Waals surface area contributed by atoms with Crippen LogP contribution in [0.1, 0.15) is 96.7 Å². The first-order valence-electron chi connectivity index (χ1n) is 18.9. The van der Waals surface area contributed by atoms with Gasteiger partial charge in [-0.05, 0) is 66.6 Å². The Kier molecular flexibility index (Phi) is 7.51. The van der Waals surface area contributed by atoms with Gasteiger partial charge in [0.2, 0.25) is 0 Å². The Labute approximate surface area is 284 Å². The molecule has 2 aliphatic rings. The Morgan fingerprint density at radius 3 is 2.39 bits per heavy atom. The first-order chi connectivity index (χ1) is 24.2. The van der Waals surface area contributed by atoms with Crippen molar-refractivity contribution in [2.75, 3.05) is 0 Å². The second kappa shape index (κ2) is 14.5. The van der Waals surface area contributed by atoms with Crippen LogP contribution >= 0.6 is 0 Å². The Balaban J connectivity index is 0.000000178. The van der Waals surface area contributed by atoms with E-state index >= 15 is 0 Å². The van der Waals surface area contributed by atoms with Crippen LogP contribution in [0.2, 0.25) is 0 Å². The predicted octanol–water partition coefficient (Wildman–Crippen LogP) is 11.1. The standard InChI is InChI=1S/C23H20NO.C17H18N.Ir/c1-2-8-16(9-3-1)17-10-6-11-18-19-12-7-13-20(23(19)25-22(17)18)21-14-4-5-15-24-21;1-2-7-14(8-3-1)15-9-6-10-16(13-15)17-11-4-5-12-18-17;/h4-7,10-12,14-16H,1-3,8-9H2;4-6,9,11-14H,1-3,7-8H2;/q2*-1;/i4D,14D,16D;4D,5D,11D,12D;. The molecule has 4 heteroatoms. The Morgan fingerprint density at radius 2 is 1.52 bits per heavy atom. The van der Waals surface area contributed by atoms with E-state index in [2.05, 4.69) is 28.2 Å². The average molecular weight is 762 g/mol. The molecule has 2 saturated carbocycles. The van der Waals surface area contributed by atoms with Crippen LogP contribution < -0.4 is 0 Å². The number of furan rings is 1. The fourth-order valence-electron chi connectivity index (χ4n) is 6.55. The Morgan fingerprint density at radius 1 is 0.750 bits per heavy atom. The van der Waals surface area contributed by atoms with Crippen molar-refractivity contribution in [2.24, 2.45) is 0 Å². The molecule has 0 amide bonds. The van der Waals surface area contributed by atoms with Crippen LogP contribution in [-0.4, -0.2) is 9.97 Å². The zero-order chi connectivity index (χ0) is 35.0. The van der Waals surface area contributed by atoms with Gasteiger partial charge < -0.3 is 14.4 Å². The van der Waals surface area contributed by atoms with Gasteiger partial charge in [0, 0.05) is 39.2 Å². The molecule has 3 aromatic heterocycles. The molecule has 225 valence electrons. The summed E-state index contributed by atoms with van der Waals surface area (Å²) in [6.07, 6.45) is 12.5. The molecule has 0 spiro atoms. The van der Waals surface area contributed by atoms with Gasteiger partial charge in [0.25, 0.3) is 0 Å². The number of nitrogens with zero attached hydrogens (tertiary/aromatic N) is 2. The molecule has 2 fully saturated rings. The monoisotopic (exact) mass is 762 g/mol. The summed E-state index contributed by atoms with van der Waals surface area (Å²) in [6, 6.07) is 23.0. The normalized spacial score (nSPS) is 18.8. The number of fused-ring (bicyclic) bond motifs is 3. The van der Waals surface area contributed by atoms with Gasteiger partial charge in [-0.15, -0.1) is 53.6 Å². The number of benzene rings is 3. The predicted molar refractivity (Wildman–Crippen MR) is 176 cm³/mol. The molecule has 3 heterocycles. The van der Waals surface area contributed by atoms with Gasteiger partial charge in [-0.2, -0.15) is 0 Å². The molecule has 0 atom stereocenters. The summed E-state index contributed by atoms with van der Waals surface area (Å²) in [6.45, 7) is 0. The van der Waals surface area contributed by atoms with E-state index in [9.17, 15) is 0 Å². The number of hydrogen-bond donors (Lipinski definition) is 0. The van der Waals surface area contributed by atoms with Crippen LogP contribution in [0.15, 0.2) is 102 Å². The molecule has 1 radical (unpaired) electrons. The zero-order valence-corrected chi connectivity index (χ0v) is 27.0. The quantitative estimate of drug-likeness (QED) is 0.168. The van der Waals surface area contributed by atoms with E-state index in [0.29, 0.717) is 28.3 Å². The Bertz CT molecular complexity index is 2190. The van der Waals surface area contributed by atoms with Gasteiger partial charge in [0.1, 0.15) is 5.58 Å². The fourth-order valence-corrected chi connectivity index (χ4v) is 6.55. The zero-order valence-electron chi connectivity index (χ0n) is 31.6. The summed E-state index contributed by atoms with van der Waals surface area (Å²) in [7, 11) is 0. The van der Waals surface area contributed by atoms with E-state index in [-0.39, 0.29) is 62.2 Å². The molecule has 8 rings (SSSR count). The first kappa shape index (κ1) is 22.8. The summed E-state index contributed by atoms with van der Waals surface area (Å²) < 4.78 is 62.6. The fraction of sp³-hybridized carbons (Fsp3) is 0.300. The first-order valence-corrected chi connectivity index (χ1v) is 15.4. The van der Waals surface area contributed by atoms with Crippen LogP contribution in [0.4, 0.5) is 0 Å². The largest absolute Gasteiger partial charge is 0.500 e. The maximum Gasteiger partial charge on any atom is 0.124 e. The van der Waals surface area contributed by atoms with Crippen LogP contribution in [0.5, 0.6) is 0 Å². The van der Waals surface area contributed by atoms with Crippen LogP contribution in [0.25, 0.3) is 44.5 Å². The second-order valence-corrected chi connectivity index (χ2v) is 11.4. The van der Waals surface area contributed by atoms with Crippen molar-refractivity contribution in [3.63, 3.8) is 0 Å². The molecule has 2 aliphatic carbocycles. The van der Waals surface area contributed by atoms with Gasteiger partial charge in [-0.3, -0.25) is 0 Å². The van der Waals surface area contributed by atoms with Gasteiger partial charge >= 0.3 is 0 Å². The third-order valence-electron chi connectivity index (χ3n) is 8.71. The summed E-state index contributed by atoms with van der Waals surface area (Å²) in [5, 5.41) is 1.91. The summed E-state index contributed by atoms with van der Waals surface area (Å²) in [5.74, 6) is -0.0761. The third kappa shape index (κ3) is 6.58. The van der Waals surface area contributed by atoms with Crippen molar-refractivity contribution in [2.45, 2.75) is 76.0 Å². The number of aromatic nitrogens is 2. The molecule has 0 bridgehead atoms. The van der Waals surface area contributed by atoms with E-state index in [4.69, 9.17) is 14.0 Å². The molecule has 6 aromatic rings. The van der Waals surface area contributed by atoms with Crippen molar-refractivity contribution in [1.82, 2.24) is 9.97 Å². The van der Waals surface area contributed by atoms with E-state index in [1.54, 1.807) is 0 Å². The molecule has 0 unspecified atom stereocenters. The van der Waals surface area contributed by atoms with E-state index < -0.39 is 5.89 Å². The molecule has 44 heavy (non-hydrogen) atoms. The van der Waals surface area contributed by atoms with E-state index in [0.717, 1.165) is 47.6 Å². The van der Waals surface area contributed by atoms with Crippen molar-refractivity contribution in [3.05, 3.63) is 120 Å². The average Bonchev–Trinajstić information content (AvgIpc) is 3.54. The van der Waals surface area contributed by atoms with Crippen LogP contribution in [0, 0.1) is 12.1 Å². The van der Waals surface area contributed by atoms with Crippen LogP contribution in [0.3, 0.4) is 0 Å². The molecule has 3 aromatic carbocycles. The Hall–Kier alpha value is -3.59. The molecule has 0 N–H and O–H groups in total. The molecule has 0 aliphatic heterocycles. The van der Waals surface area contributed by atoms with Gasteiger partial charge in [0.15, 0.2) is 0 Å². The number of rotatable bonds is 4. The second-order valence-electron chi connectivity index (χ2n) is 11.4. The number of para-hydroxylation sites is 1. The van der Waals surface area contributed by atoms with E-state index in [1.165, 1.54) is 56.4 Å². The van der Waals surface area contributed by atoms with Gasteiger partial charge in [0.05, 0.1) is 13.8 Å². The number of pyridine rings is 2. The van der Waals surface area contributed by atoms with Crippen molar-refractivity contribution < 1.29 is 34.1 Å². The minimum absolute atomic E-state index is 0. The minimum atomic E-state index is -0.616. The molecular weight excluding hydrogens is 717 g/mol. The maximum atomic E-state index is 9.06. The molecular formula is C40H38IrN2O-2. The number of hydrogen-bond acceptors (Lipinski definition) is 3. The summed E-state index contributed by atoms with van der Waals surface area (Å²) >= 11 is 0. The van der Waals surface area contributed by atoms with Crippen LogP contribution in [-0.2, 0) is 20.1 Å². The van der Waals surface area contributed by atoms with Crippen molar-refractivity contribution in [1.29, 1.82) is 0 Å². The molecule has 0 saturated heterocycles. The van der Waals surface area contributed by atoms with Gasteiger partial charge in [-0.25, -0.2) is 0 Å². The minimum Gasteiger partial charge on any atom is -0.500 e. The summed E-state index contributed by atoms with van der Waals surface area (Å²) in [4.78, 5) is 8.35. The van der Waals surface area contributed by atoms with E-state index in [1.807, 2.05) is 42.5 Å². The smallest absolute Gasteiger partial charge is 0.124 e. The van der Waals surface area contributed by atoms with Crippen molar-refractivity contribution in [3.8, 4) is 22.5 Å². The summed E-state index contributed by atoms with van der Waals surface area (Å²) in [5.41, 5.74) is 5.47. The topological polar surface area (TPSA) is 38.9 Å². The maximum absolute atomic E-state index is 9.06. The van der Waals surface area contributed by atoms with Crippen molar-refractivity contribution >= 4 is 21.9 Å².